The summed E-state index contributed by atoms with van der Waals surface area (Å²) in [6, 6.07) is 8.38. The SMILES string of the molecule is O=C1CC(CBr)CN1Cc1ccc2[nH]ccc2c1. The normalized spacial score (nSPS) is 19.9. The van der Waals surface area contributed by atoms with Gasteiger partial charge in [-0.05, 0) is 35.1 Å². The monoisotopic (exact) mass is 306 g/mol. The summed E-state index contributed by atoms with van der Waals surface area (Å²) >= 11 is 3.46. The maximum atomic E-state index is 11.9. The molecular weight excluding hydrogens is 292 g/mol. The van der Waals surface area contributed by atoms with Gasteiger partial charge in [-0.25, -0.2) is 0 Å². The van der Waals surface area contributed by atoms with Gasteiger partial charge >= 0.3 is 0 Å². The molecule has 1 unspecified atom stereocenters. The molecule has 1 amide bonds. The fraction of sp³-hybridized carbons (Fsp3) is 0.357. The van der Waals surface area contributed by atoms with Gasteiger partial charge < -0.3 is 9.88 Å². The molecule has 94 valence electrons. The number of fused-ring (bicyclic) bond motifs is 1. The van der Waals surface area contributed by atoms with Crippen molar-refractivity contribution in [3.8, 4) is 0 Å². The Labute approximate surface area is 114 Å². The number of alkyl halides is 1. The molecule has 0 spiro atoms. The van der Waals surface area contributed by atoms with Gasteiger partial charge in [0, 0.05) is 36.6 Å². The number of H-pyrrole nitrogens is 1. The molecule has 0 bridgehead atoms. The fourth-order valence-corrected chi connectivity index (χ4v) is 2.97. The van der Waals surface area contributed by atoms with Gasteiger partial charge in [0.15, 0.2) is 0 Å². The molecule has 0 radical (unpaired) electrons. The highest BCUT2D eigenvalue weighted by molar-refractivity contribution is 9.09. The minimum absolute atomic E-state index is 0.272. The molecule has 1 aliphatic rings. The number of rotatable bonds is 3. The molecule has 2 heterocycles. The van der Waals surface area contributed by atoms with E-state index in [1.165, 1.54) is 10.9 Å². The topological polar surface area (TPSA) is 36.1 Å². The van der Waals surface area contributed by atoms with E-state index in [9.17, 15) is 4.79 Å². The molecule has 18 heavy (non-hydrogen) atoms. The van der Waals surface area contributed by atoms with Crippen LogP contribution in [0.2, 0.25) is 0 Å². The predicted molar refractivity (Wildman–Crippen MR) is 75.6 cm³/mol. The Hall–Kier alpha value is -1.29. The van der Waals surface area contributed by atoms with Crippen LogP contribution in [-0.2, 0) is 11.3 Å². The zero-order valence-electron chi connectivity index (χ0n) is 10.0. The van der Waals surface area contributed by atoms with E-state index < -0.39 is 0 Å². The van der Waals surface area contributed by atoms with Gasteiger partial charge in [-0.3, -0.25) is 4.79 Å². The zero-order chi connectivity index (χ0) is 12.5. The minimum Gasteiger partial charge on any atom is -0.361 e. The summed E-state index contributed by atoms with van der Waals surface area (Å²) in [6.45, 7) is 1.60. The summed E-state index contributed by atoms with van der Waals surface area (Å²) in [4.78, 5) is 17.0. The highest BCUT2D eigenvalue weighted by atomic mass is 79.9. The molecule has 1 aromatic heterocycles. The number of carbonyl (C=O) groups is 1. The lowest BCUT2D eigenvalue weighted by Gasteiger charge is -2.16. The summed E-state index contributed by atoms with van der Waals surface area (Å²) in [7, 11) is 0. The van der Waals surface area contributed by atoms with Crippen molar-refractivity contribution in [3.05, 3.63) is 36.0 Å². The summed E-state index contributed by atoms with van der Waals surface area (Å²) in [5, 5.41) is 2.11. The number of aromatic amines is 1. The average Bonchev–Trinajstić information content (AvgIpc) is 2.96. The minimum atomic E-state index is 0.272. The van der Waals surface area contributed by atoms with E-state index in [2.05, 4.69) is 45.2 Å². The highest BCUT2D eigenvalue weighted by Gasteiger charge is 2.28. The second-order valence-electron chi connectivity index (χ2n) is 4.90. The number of carbonyl (C=O) groups excluding carboxylic acids is 1. The van der Waals surface area contributed by atoms with E-state index in [1.54, 1.807) is 0 Å². The van der Waals surface area contributed by atoms with Gasteiger partial charge in [0.25, 0.3) is 0 Å². The van der Waals surface area contributed by atoms with Crippen molar-refractivity contribution in [2.45, 2.75) is 13.0 Å². The van der Waals surface area contributed by atoms with Crippen LogP contribution in [0.25, 0.3) is 10.9 Å². The lowest BCUT2D eigenvalue weighted by molar-refractivity contribution is -0.128. The maximum Gasteiger partial charge on any atom is 0.223 e. The number of halogens is 1. The first-order chi connectivity index (χ1) is 8.76. The lowest BCUT2D eigenvalue weighted by Crippen LogP contribution is -2.24. The Kier molecular flexibility index (Phi) is 3.12. The van der Waals surface area contributed by atoms with Gasteiger partial charge in [-0.15, -0.1) is 0 Å². The Bertz CT molecular complexity index is 578. The van der Waals surface area contributed by atoms with Crippen molar-refractivity contribution in [1.82, 2.24) is 9.88 Å². The first-order valence-electron chi connectivity index (χ1n) is 6.16. The molecule has 1 fully saturated rings. The number of likely N-dealkylation sites (tertiary alicyclic amines) is 1. The average molecular weight is 307 g/mol. The number of nitrogens with one attached hydrogen (secondary N) is 1. The van der Waals surface area contributed by atoms with E-state index >= 15 is 0 Å². The second kappa shape index (κ2) is 4.76. The molecule has 3 rings (SSSR count). The van der Waals surface area contributed by atoms with Crippen molar-refractivity contribution >= 4 is 32.7 Å². The predicted octanol–water partition coefficient (Wildman–Crippen LogP) is 2.91. The van der Waals surface area contributed by atoms with Crippen LogP contribution in [-0.4, -0.2) is 27.7 Å². The lowest BCUT2D eigenvalue weighted by atomic mass is 10.1. The molecule has 2 aromatic rings. The summed E-state index contributed by atoms with van der Waals surface area (Å²) in [5.41, 5.74) is 2.34. The first-order valence-corrected chi connectivity index (χ1v) is 7.28. The van der Waals surface area contributed by atoms with Crippen molar-refractivity contribution in [2.75, 3.05) is 11.9 Å². The van der Waals surface area contributed by atoms with E-state index in [0.29, 0.717) is 12.3 Å². The van der Waals surface area contributed by atoms with Crippen molar-refractivity contribution < 1.29 is 4.79 Å². The van der Waals surface area contributed by atoms with Crippen molar-refractivity contribution in [3.63, 3.8) is 0 Å². The van der Waals surface area contributed by atoms with Gasteiger partial charge in [-0.1, -0.05) is 22.0 Å². The highest BCUT2D eigenvalue weighted by Crippen LogP contribution is 2.23. The van der Waals surface area contributed by atoms with Crippen LogP contribution < -0.4 is 0 Å². The van der Waals surface area contributed by atoms with Gasteiger partial charge in [0.2, 0.25) is 5.91 Å². The standard InChI is InChI=1S/C14H15BrN2O/c15-7-11-6-14(18)17(9-11)8-10-1-2-13-12(5-10)3-4-16-13/h1-5,11,16H,6-9H2. The number of hydrogen-bond donors (Lipinski definition) is 1. The third kappa shape index (κ3) is 2.17. The number of hydrogen-bond acceptors (Lipinski definition) is 1. The van der Waals surface area contributed by atoms with Crippen LogP contribution in [0, 0.1) is 5.92 Å². The zero-order valence-corrected chi connectivity index (χ0v) is 11.6. The van der Waals surface area contributed by atoms with Crippen LogP contribution >= 0.6 is 15.9 Å². The molecule has 0 aliphatic carbocycles. The smallest absolute Gasteiger partial charge is 0.223 e. The molecule has 1 aliphatic heterocycles. The molecule has 1 atom stereocenters. The number of amides is 1. The third-order valence-corrected chi connectivity index (χ3v) is 4.42. The largest absolute Gasteiger partial charge is 0.361 e. The van der Waals surface area contributed by atoms with Crippen LogP contribution in [0.4, 0.5) is 0 Å². The maximum absolute atomic E-state index is 11.9. The van der Waals surface area contributed by atoms with E-state index in [-0.39, 0.29) is 5.91 Å². The summed E-state index contributed by atoms with van der Waals surface area (Å²) < 4.78 is 0. The molecule has 1 aromatic carbocycles. The second-order valence-corrected chi connectivity index (χ2v) is 5.55. The Morgan fingerprint density at radius 3 is 3.06 bits per heavy atom. The van der Waals surface area contributed by atoms with Gasteiger partial charge in [0.1, 0.15) is 0 Å². The van der Waals surface area contributed by atoms with Crippen LogP contribution in [0.3, 0.4) is 0 Å². The first kappa shape index (κ1) is 11.8. The Balaban J connectivity index is 1.77. The number of aromatic nitrogens is 1. The molecule has 4 heteroatoms. The summed E-state index contributed by atoms with van der Waals surface area (Å²) in [6.07, 6.45) is 2.62. The molecule has 1 N–H and O–H groups in total. The fourth-order valence-electron chi connectivity index (χ4n) is 2.53. The van der Waals surface area contributed by atoms with E-state index in [0.717, 1.165) is 23.9 Å². The Morgan fingerprint density at radius 2 is 2.28 bits per heavy atom. The van der Waals surface area contributed by atoms with E-state index in [1.807, 2.05) is 11.1 Å². The van der Waals surface area contributed by atoms with Gasteiger partial charge in [-0.2, -0.15) is 0 Å². The van der Waals surface area contributed by atoms with Gasteiger partial charge in [0.05, 0.1) is 0 Å². The quantitative estimate of drug-likeness (QED) is 0.870. The molecule has 0 saturated carbocycles. The van der Waals surface area contributed by atoms with Crippen molar-refractivity contribution in [1.29, 1.82) is 0 Å². The summed E-state index contributed by atoms with van der Waals surface area (Å²) in [5.74, 6) is 0.738. The molecular formula is C14H15BrN2O. The number of nitrogens with zero attached hydrogens (tertiary/aromatic N) is 1. The van der Waals surface area contributed by atoms with Crippen LogP contribution in [0.5, 0.6) is 0 Å². The Morgan fingerprint density at radius 1 is 1.39 bits per heavy atom. The van der Waals surface area contributed by atoms with E-state index in [4.69, 9.17) is 0 Å². The number of benzene rings is 1. The van der Waals surface area contributed by atoms with Crippen LogP contribution in [0.15, 0.2) is 30.5 Å². The molecule has 3 nitrogen and oxygen atoms in total. The molecule has 1 saturated heterocycles. The van der Waals surface area contributed by atoms with Crippen LogP contribution in [0.1, 0.15) is 12.0 Å². The van der Waals surface area contributed by atoms with Crippen molar-refractivity contribution in [2.24, 2.45) is 5.92 Å². The third-order valence-electron chi connectivity index (χ3n) is 3.50.